The minimum absolute atomic E-state index is 0.0587. The van der Waals surface area contributed by atoms with Gasteiger partial charge in [0.2, 0.25) is 5.91 Å². The van der Waals surface area contributed by atoms with Gasteiger partial charge in [0.1, 0.15) is 0 Å². The number of likely N-dealkylation sites (tertiary alicyclic amines) is 1. The number of carbonyl (C=O) groups is 3. The molecular formula is C21H28N2O4. The number of nitrogens with one attached hydrogen (secondary N) is 1. The van der Waals surface area contributed by atoms with Crippen molar-refractivity contribution < 1.29 is 19.5 Å². The summed E-state index contributed by atoms with van der Waals surface area (Å²) >= 11 is 0. The normalized spacial score (nSPS) is 18.9. The molecule has 2 N–H and O–H groups in total. The number of benzene rings is 1. The van der Waals surface area contributed by atoms with Gasteiger partial charge in [-0.3, -0.25) is 14.4 Å². The van der Waals surface area contributed by atoms with E-state index >= 15 is 0 Å². The van der Waals surface area contributed by atoms with Crippen LogP contribution in [0.1, 0.15) is 60.9 Å². The minimum atomic E-state index is -0.776. The molecule has 0 aromatic heterocycles. The first-order valence-corrected chi connectivity index (χ1v) is 9.93. The molecule has 1 aliphatic carbocycles. The van der Waals surface area contributed by atoms with Crippen molar-refractivity contribution >= 4 is 17.8 Å². The molecule has 27 heavy (non-hydrogen) atoms. The summed E-state index contributed by atoms with van der Waals surface area (Å²) in [6.45, 7) is 1.44. The van der Waals surface area contributed by atoms with E-state index < -0.39 is 5.97 Å². The van der Waals surface area contributed by atoms with Crippen LogP contribution in [0.25, 0.3) is 0 Å². The summed E-state index contributed by atoms with van der Waals surface area (Å²) in [7, 11) is 0. The smallest absolute Gasteiger partial charge is 0.306 e. The van der Waals surface area contributed by atoms with Gasteiger partial charge in [0.05, 0.1) is 5.92 Å². The van der Waals surface area contributed by atoms with Crippen molar-refractivity contribution in [1.82, 2.24) is 10.2 Å². The van der Waals surface area contributed by atoms with E-state index in [1.807, 2.05) is 12.1 Å². The van der Waals surface area contributed by atoms with Gasteiger partial charge in [-0.15, -0.1) is 0 Å². The van der Waals surface area contributed by atoms with E-state index in [4.69, 9.17) is 5.11 Å². The van der Waals surface area contributed by atoms with E-state index in [9.17, 15) is 14.4 Å². The van der Waals surface area contributed by atoms with Gasteiger partial charge in [-0.25, -0.2) is 0 Å². The van der Waals surface area contributed by atoms with Crippen molar-refractivity contribution in [3.63, 3.8) is 0 Å². The summed E-state index contributed by atoms with van der Waals surface area (Å²) in [5.41, 5.74) is 1.58. The third-order valence-electron chi connectivity index (χ3n) is 5.78. The molecule has 0 radical (unpaired) electrons. The molecule has 1 aromatic rings. The zero-order valence-electron chi connectivity index (χ0n) is 15.7. The molecule has 0 bridgehead atoms. The first-order valence-electron chi connectivity index (χ1n) is 9.93. The van der Waals surface area contributed by atoms with Crippen LogP contribution < -0.4 is 5.32 Å². The Bertz CT molecular complexity index is 672. The number of carbonyl (C=O) groups excluding carboxylic acids is 2. The van der Waals surface area contributed by atoms with Gasteiger partial charge in [-0.2, -0.15) is 0 Å². The molecule has 2 aliphatic rings. The summed E-state index contributed by atoms with van der Waals surface area (Å²) < 4.78 is 0. The SMILES string of the molecule is O=C(O)C1CCN(C(=O)c2ccc(CNC(=O)C3CCCCC3)cc2)CC1. The Morgan fingerprint density at radius 3 is 2.15 bits per heavy atom. The summed E-state index contributed by atoms with van der Waals surface area (Å²) in [5, 5.41) is 12.1. The van der Waals surface area contributed by atoms with Crippen molar-refractivity contribution in [2.45, 2.75) is 51.5 Å². The lowest BCUT2D eigenvalue weighted by Gasteiger charge is -2.30. The Kier molecular flexibility index (Phi) is 6.48. The number of hydrogen-bond donors (Lipinski definition) is 2. The van der Waals surface area contributed by atoms with E-state index in [-0.39, 0.29) is 23.7 Å². The molecule has 1 aromatic carbocycles. The van der Waals surface area contributed by atoms with Gasteiger partial charge in [-0.05, 0) is 43.4 Å². The number of aliphatic carboxylic acids is 1. The second kappa shape index (κ2) is 9.02. The minimum Gasteiger partial charge on any atom is -0.481 e. The molecule has 1 saturated carbocycles. The summed E-state index contributed by atoms with van der Waals surface area (Å²) in [6, 6.07) is 7.32. The van der Waals surface area contributed by atoms with Crippen LogP contribution in [0.3, 0.4) is 0 Å². The lowest BCUT2D eigenvalue weighted by atomic mass is 9.88. The maximum absolute atomic E-state index is 12.6. The van der Waals surface area contributed by atoms with Crippen LogP contribution in [0, 0.1) is 11.8 Å². The van der Waals surface area contributed by atoms with Gasteiger partial charge in [0.15, 0.2) is 0 Å². The standard InChI is InChI=1S/C21H28N2O4/c24-19(16-4-2-1-3-5-16)22-14-15-6-8-17(9-7-15)20(25)23-12-10-18(11-13-23)21(26)27/h6-9,16,18H,1-5,10-14H2,(H,22,24)(H,26,27). The summed E-state index contributed by atoms with van der Waals surface area (Å²) in [5.74, 6) is -0.896. The van der Waals surface area contributed by atoms with Crippen LogP contribution in [0.5, 0.6) is 0 Å². The predicted molar refractivity (Wildman–Crippen MR) is 101 cm³/mol. The van der Waals surface area contributed by atoms with Gasteiger partial charge >= 0.3 is 5.97 Å². The fourth-order valence-corrected chi connectivity index (χ4v) is 3.98. The molecule has 0 unspecified atom stereocenters. The lowest BCUT2D eigenvalue weighted by molar-refractivity contribution is -0.143. The number of nitrogens with zero attached hydrogens (tertiary/aromatic N) is 1. The molecule has 0 atom stereocenters. The number of amides is 2. The largest absolute Gasteiger partial charge is 0.481 e. The molecule has 3 rings (SSSR count). The van der Waals surface area contributed by atoms with E-state index in [1.165, 1.54) is 6.42 Å². The molecule has 6 nitrogen and oxygen atoms in total. The number of rotatable bonds is 5. The zero-order valence-corrected chi connectivity index (χ0v) is 15.7. The van der Waals surface area contributed by atoms with E-state index in [0.29, 0.717) is 38.0 Å². The predicted octanol–water partition coefficient (Wildman–Crippen LogP) is 2.82. The average molecular weight is 372 g/mol. The lowest BCUT2D eigenvalue weighted by Crippen LogP contribution is -2.40. The molecule has 1 aliphatic heterocycles. The number of carboxylic acids is 1. The van der Waals surface area contributed by atoms with Crippen molar-refractivity contribution in [2.75, 3.05) is 13.1 Å². The third kappa shape index (κ3) is 5.08. The Morgan fingerprint density at radius 2 is 1.56 bits per heavy atom. The maximum atomic E-state index is 12.6. The Labute approximate surface area is 159 Å². The highest BCUT2D eigenvalue weighted by Gasteiger charge is 2.27. The first-order chi connectivity index (χ1) is 13.0. The molecule has 0 spiro atoms. The number of hydrogen-bond acceptors (Lipinski definition) is 3. The van der Waals surface area contributed by atoms with Crippen LogP contribution in [0.4, 0.5) is 0 Å². The topological polar surface area (TPSA) is 86.7 Å². The summed E-state index contributed by atoms with van der Waals surface area (Å²) in [4.78, 5) is 37.5. The van der Waals surface area contributed by atoms with Gasteiger partial charge in [-0.1, -0.05) is 31.4 Å². The molecule has 146 valence electrons. The van der Waals surface area contributed by atoms with Gasteiger partial charge < -0.3 is 15.3 Å². The van der Waals surface area contributed by atoms with Crippen molar-refractivity contribution in [3.8, 4) is 0 Å². The van der Waals surface area contributed by atoms with E-state index in [1.54, 1.807) is 17.0 Å². The first kappa shape index (κ1) is 19.4. The average Bonchev–Trinajstić information content (AvgIpc) is 2.72. The molecule has 1 saturated heterocycles. The third-order valence-corrected chi connectivity index (χ3v) is 5.78. The Balaban J connectivity index is 1.49. The highest BCUT2D eigenvalue weighted by Crippen LogP contribution is 2.24. The Morgan fingerprint density at radius 1 is 0.926 bits per heavy atom. The van der Waals surface area contributed by atoms with Crippen LogP contribution in [0.2, 0.25) is 0 Å². The Hall–Kier alpha value is -2.37. The number of carboxylic acid groups (broad SMARTS) is 1. The highest BCUT2D eigenvalue weighted by molar-refractivity contribution is 5.94. The quantitative estimate of drug-likeness (QED) is 0.832. The monoisotopic (exact) mass is 372 g/mol. The second-order valence-electron chi connectivity index (χ2n) is 7.65. The van der Waals surface area contributed by atoms with Gasteiger partial charge in [0.25, 0.3) is 5.91 Å². The van der Waals surface area contributed by atoms with Crippen molar-refractivity contribution in [3.05, 3.63) is 35.4 Å². The van der Waals surface area contributed by atoms with Crippen LogP contribution in [-0.4, -0.2) is 40.9 Å². The highest BCUT2D eigenvalue weighted by atomic mass is 16.4. The fourth-order valence-electron chi connectivity index (χ4n) is 3.98. The van der Waals surface area contributed by atoms with Crippen LogP contribution >= 0.6 is 0 Å². The van der Waals surface area contributed by atoms with Gasteiger partial charge in [0, 0.05) is 31.1 Å². The maximum Gasteiger partial charge on any atom is 0.306 e. The molecule has 6 heteroatoms. The van der Waals surface area contributed by atoms with E-state index in [2.05, 4.69) is 5.32 Å². The molecule has 1 heterocycles. The van der Waals surface area contributed by atoms with E-state index in [0.717, 1.165) is 31.2 Å². The zero-order chi connectivity index (χ0) is 19.2. The summed E-state index contributed by atoms with van der Waals surface area (Å²) in [6.07, 6.45) is 6.48. The van der Waals surface area contributed by atoms with Crippen molar-refractivity contribution in [1.29, 1.82) is 0 Å². The molecular weight excluding hydrogens is 344 g/mol. The van der Waals surface area contributed by atoms with Crippen LogP contribution in [0.15, 0.2) is 24.3 Å². The molecule has 2 fully saturated rings. The number of piperidine rings is 1. The van der Waals surface area contributed by atoms with Crippen molar-refractivity contribution in [2.24, 2.45) is 11.8 Å². The molecule has 2 amide bonds. The van der Waals surface area contributed by atoms with Crippen LogP contribution in [-0.2, 0) is 16.1 Å². The fraction of sp³-hybridized carbons (Fsp3) is 0.571. The second-order valence-corrected chi connectivity index (χ2v) is 7.65.